The predicted octanol–water partition coefficient (Wildman–Crippen LogP) is 2.20. The molecule has 0 aliphatic rings. The average Bonchev–Trinajstić information content (AvgIpc) is 2.38. The Morgan fingerprint density at radius 1 is 1.28 bits per heavy atom. The van der Waals surface area contributed by atoms with Crippen LogP contribution in [0.1, 0.15) is 10.4 Å². The Balaban J connectivity index is 2.26. The van der Waals surface area contributed by atoms with E-state index in [-0.39, 0.29) is 17.2 Å². The van der Waals surface area contributed by atoms with Gasteiger partial charge in [0.25, 0.3) is 5.91 Å². The van der Waals surface area contributed by atoms with Crippen LogP contribution >= 0.6 is 0 Å². The second-order valence-electron chi connectivity index (χ2n) is 3.77. The number of rotatable bonds is 2. The van der Waals surface area contributed by atoms with Crippen LogP contribution in [-0.4, -0.2) is 23.0 Å². The summed E-state index contributed by atoms with van der Waals surface area (Å²) in [5, 5.41) is 9.17. The number of hydrogen-bond acceptors (Lipinski definition) is 3. The van der Waals surface area contributed by atoms with Crippen molar-refractivity contribution in [3.63, 3.8) is 0 Å². The van der Waals surface area contributed by atoms with Gasteiger partial charge in [-0.2, -0.15) is 0 Å². The fraction of sp³-hybridized carbons (Fsp3) is 0.0769. The van der Waals surface area contributed by atoms with E-state index >= 15 is 0 Å². The van der Waals surface area contributed by atoms with Crippen LogP contribution in [0.5, 0.6) is 5.75 Å². The van der Waals surface area contributed by atoms with Crippen LogP contribution in [-0.2, 0) is 0 Å². The summed E-state index contributed by atoms with van der Waals surface area (Å²) in [6, 6.07) is 7.28. The number of hydrogen-bond donors (Lipinski definition) is 1. The summed E-state index contributed by atoms with van der Waals surface area (Å²) in [6.07, 6.45) is 2.35. The first-order chi connectivity index (χ1) is 8.58. The molecule has 1 aromatic carbocycles. The molecule has 4 nitrogen and oxygen atoms in total. The number of carbonyl (C=O) groups is 1. The minimum atomic E-state index is -0.556. The van der Waals surface area contributed by atoms with Crippen molar-refractivity contribution in [1.29, 1.82) is 0 Å². The summed E-state index contributed by atoms with van der Waals surface area (Å²) in [6.45, 7) is 0. The number of pyridine rings is 1. The molecule has 0 aliphatic carbocycles. The van der Waals surface area contributed by atoms with Crippen molar-refractivity contribution in [3.05, 3.63) is 54.1 Å². The van der Waals surface area contributed by atoms with Crippen LogP contribution in [0.3, 0.4) is 0 Å². The van der Waals surface area contributed by atoms with E-state index in [4.69, 9.17) is 5.11 Å². The maximum Gasteiger partial charge on any atom is 0.259 e. The van der Waals surface area contributed by atoms with Gasteiger partial charge >= 0.3 is 0 Å². The summed E-state index contributed by atoms with van der Waals surface area (Å²) < 4.78 is 13.0. The predicted molar refractivity (Wildman–Crippen MR) is 65.0 cm³/mol. The highest BCUT2D eigenvalue weighted by molar-refractivity contribution is 6.05. The van der Waals surface area contributed by atoms with Gasteiger partial charge in [0.05, 0.1) is 11.8 Å². The molecule has 0 atom stereocenters. The lowest BCUT2D eigenvalue weighted by atomic mass is 10.2. The second kappa shape index (κ2) is 4.83. The number of halogens is 1. The Hall–Kier alpha value is -2.43. The van der Waals surface area contributed by atoms with Gasteiger partial charge in [-0.3, -0.25) is 9.78 Å². The van der Waals surface area contributed by atoms with Crippen molar-refractivity contribution < 1.29 is 14.3 Å². The third-order valence-electron chi connectivity index (χ3n) is 2.49. The fourth-order valence-electron chi connectivity index (χ4n) is 1.52. The van der Waals surface area contributed by atoms with Crippen LogP contribution in [0.4, 0.5) is 10.1 Å². The standard InChI is InChI=1S/C13H11FN2O2/c1-16(11-2-4-12(17)5-3-11)13(18)9-6-10(14)8-15-7-9/h2-8,17H,1H3. The molecule has 18 heavy (non-hydrogen) atoms. The summed E-state index contributed by atoms with van der Waals surface area (Å²) in [5.41, 5.74) is 0.771. The first-order valence-corrected chi connectivity index (χ1v) is 5.25. The lowest BCUT2D eigenvalue weighted by molar-refractivity contribution is 0.0992. The third-order valence-corrected chi connectivity index (χ3v) is 2.49. The van der Waals surface area contributed by atoms with E-state index < -0.39 is 5.82 Å². The van der Waals surface area contributed by atoms with Gasteiger partial charge in [-0.25, -0.2) is 4.39 Å². The van der Waals surface area contributed by atoms with Crippen LogP contribution in [0, 0.1) is 5.82 Å². The molecule has 0 spiro atoms. The molecule has 0 unspecified atom stereocenters. The molecule has 1 N–H and O–H groups in total. The van der Waals surface area contributed by atoms with Crippen molar-refractivity contribution in [2.24, 2.45) is 0 Å². The van der Waals surface area contributed by atoms with E-state index in [9.17, 15) is 9.18 Å². The summed E-state index contributed by atoms with van der Waals surface area (Å²) in [7, 11) is 1.57. The number of benzene rings is 1. The minimum Gasteiger partial charge on any atom is -0.508 e. The van der Waals surface area contributed by atoms with Crippen molar-refractivity contribution in [3.8, 4) is 5.75 Å². The number of phenolic OH excluding ortho intramolecular Hbond substituents is 1. The molecule has 0 fully saturated rings. The van der Waals surface area contributed by atoms with E-state index in [1.54, 1.807) is 19.2 Å². The summed E-state index contributed by atoms with van der Waals surface area (Å²) >= 11 is 0. The SMILES string of the molecule is CN(C(=O)c1cncc(F)c1)c1ccc(O)cc1. The highest BCUT2D eigenvalue weighted by Crippen LogP contribution is 2.19. The maximum atomic E-state index is 13.0. The zero-order valence-electron chi connectivity index (χ0n) is 9.67. The number of aromatic hydroxyl groups is 1. The molecule has 1 aromatic heterocycles. The van der Waals surface area contributed by atoms with Crippen LogP contribution < -0.4 is 4.90 Å². The minimum absolute atomic E-state index is 0.118. The number of nitrogens with zero attached hydrogens (tertiary/aromatic N) is 2. The Kier molecular flexibility index (Phi) is 3.23. The summed E-state index contributed by atoms with van der Waals surface area (Å²) in [4.78, 5) is 17.0. The highest BCUT2D eigenvalue weighted by atomic mass is 19.1. The molecule has 92 valence electrons. The molecule has 0 saturated carbocycles. The largest absolute Gasteiger partial charge is 0.508 e. The number of aromatic nitrogens is 1. The number of amides is 1. The Bertz CT molecular complexity index is 569. The smallest absolute Gasteiger partial charge is 0.259 e. The Morgan fingerprint density at radius 3 is 2.56 bits per heavy atom. The second-order valence-corrected chi connectivity index (χ2v) is 3.77. The van der Waals surface area contributed by atoms with Crippen LogP contribution in [0.2, 0.25) is 0 Å². The molecule has 0 aliphatic heterocycles. The quantitative estimate of drug-likeness (QED) is 0.883. The van der Waals surface area contributed by atoms with Gasteiger partial charge < -0.3 is 10.0 Å². The fourth-order valence-corrected chi connectivity index (χ4v) is 1.52. The van der Waals surface area contributed by atoms with Crippen molar-refractivity contribution >= 4 is 11.6 Å². The van der Waals surface area contributed by atoms with Crippen LogP contribution in [0.15, 0.2) is 42.7 Å². The summed E-state index contributed by atoms with van der Waals surface area (Å²) in [5.74, 6) is -0.806. The molecule has 2 aromatic rings. The van der Waals surface area contributed by atoms with E-state index in [1.165, 1.54) is 23.2 Å². The highest BCUT2D eigenvalue weighted by Gasteiger charge is 2.14. The molecule has 2 rings (SSSR count). The van der Waals surface area contributed by atoms with Gasteiger partial charge in [0.15, 0.2) is 0 Å². The van der Waals surface area contributed by atoms with Gasteiger partial charge in [0, 0.05) is 18.9 Å². The Labute approximate surface area is 103 Å². The zero-order chi connectivity index (χ0) is 13.1. The topological polar surface area (TPSA) is 53.4 Å². The first-order valence-electron chi connectivity index (χ1n) is 5.25. The zero-order valence-corrected chi connectivity index (χ0v) is 9.67. The van der Waals surface area contributed by atoms with Gasteiger partial charge in [0.1, 0.15) is 11.6 Å². The van der Waals surface area contributed by atoms with Gasteiger partial charge in [-0.15, -0.1) is 0 Å². The van der Waals surface area contributed by atoms with Gasteiger partial charge in [-0.1, -0.05) is 0 Å². The molecule has 0 saturated heterocycles. The van der Waals surface area contributed by atoms with E-state index in [1.807, 2.05) is 0 Å². The number of phenols is 1. The van der Waals surface area contributed by atoms with Crippen molar-refractivity contribution in [2.45, 2.75) is 0 Å². The molecular weight excluding hydrogens is 235 g/mol. The molecule has 0 bridgehead atoms. The van der Waals surface area contributed by atoms with E-state index in [2.05, 4.69) is 4.98 Å². The maximum absolute atomic E-state index is 13.0. The number of anilines is 1. The Morgan fingerprint density at radius 2 is 1.94 bits per heavy atom. The normalized spacial score (nSPS) is 10.1. The average molecular weight is 246 g/mol. The molecule has 5 heteroatoms. The van der Waals surface area contributed by atoms with E-state index in [0.717, 1.165) is 12.3 Å². The molecule has 1 amide bonds. The molecular formula is C13H11FN2O2. The van der Waals surface area contributed by atoms with Crippen molar-refractivity contribution in [1.82, 2.24) is 4.98 Å². The van der Waals surface area contributed by atoms with Gasteiger partial charge in [-0.05, 0) is 30.3 Å². The molecule has 0 radical (unpaired) electrons. The third kappa shape index (κ3) is 2.45. The van der Waals surface area contributed by atoms with Crippen molar-refractivity contribution in [2.75, 3.05) is 11.9 Å². The number of carbonyl (C=O) groups excluding carboxylic acids is 1. The lowest BCUT2D eigenvalue weighted by Crippen LogP contribution is -2.26. The van der Waals surface area contributed by atoms with E-state index in [0.29, 0.717) is 5.69 Å². The van der Waals surface area contributed by atoms with Gasteiger partial charge in [0.2, 0.25) is 0 Å². The van der Waals surface area contributed by atoms with Crippen LogP contribution in [0.25, 0.3) is 0 Å². The lowest BCUT2D eigenvalue weighted by Gasteiger charge is -2.17. The monoisotopic (exact) mass is 246 g/mol. The molecule has 1 heterocycles. The first kappa shape index (κ1) is 12.0.